The number of fused-ring (bicyclic) bond motifs is 1. The van der Waals surface area contributed by atoms with Crippen LogP contribution in [0.5, 0.6) is 0 Å². The van der Waals surface area contributed by atoms with E-state index in [0.717, 1.165) is 4.90 Å². The van der Waals surface area contributed by atoms with Crippen LogP contribution in [0.3, 0.4) is 0 Å². The number of hydrogen-bond donors (Lipinski definition) is 0. The molecule has 0 saturated heterocycles. The summed E-state index contributed by atoms with van der Waals surface area (Å²) in [6.45, 7) is 0. The van der Waals surface area contributed by atoms with Crippen LogP contribution in [0.1, 0.15) is 20.7 Å². The van der Waals surface area contributed by atoms with Crippen molar-refractivity contribution in [2.75, 3.05) is 6.29 Å². The molecule has 0 aromatic heterocycles. The van der Waals surface area contributed by atoms with Crippen LogP contribution >= 0.6 is 7.14 Å². The summed E-state index contributed by atoms with van der Waals surface area (Å²) in [5.41, 5.74) is 0.732. The van der Waals surface area contributed by atoms with Crippen molar-refractivity contribution < 1.29 is 14.2 Å². The van der Waals surface area contributed by atoms with Gasteiger partial charge in [0.2, 0.25) is 0 Å². The molecule has 5 heteroatoms. The molecular formula is C21H16NO3P. The Morgan fingerprint density at radius 2 is 1.00 bits per heavy atom. The fourth-order valence-electron chi connectivity index (χ4n) is 3.22. The zero-order chi connectivity index (χ0) is 18.1. The Balaban J connectivity index is 1.80. The minimum Gasteiger partial charge on any atom is -0.312 e. The standard InChI is InChI=1S/C21H16NO3P/c23-20-18-13-7-8-14-19(18)21(24)22(20)15-26(25,16-9-3-1-4-10-16)17-11-5-2-6-12-17/h1-14H,15H2. The maximum atomic E-state index is 14.1. The molecule has 128 valence electrons. The number of imide groups is 1. The Morgan fingerprint density at radius 3 is 1.42 bits per heavy atom. The van der Waals surface area contributed by atoms with E-state index in [-0.39, 0.29) is 6.29 Å². The number of benzene rings is 3. The lowest BCUT2D eigenvalue weighted by Crippen LogP contribution is -2.35. The molecule has 1 heterocycles. The van der Waals surface area contributed by atoms with Gasteiger partial charge in [-0.2, -0.15) is 0 Å². The molecule has 3 aromatic rings. The van der Waals surface area contributed by atoms with Gasteiger partial charge in [-0.3, -0.25) is 14.5 Å². The smallest absolute Gasteiger partial charge is 0.262 e. The van der Waals surface area contributed by atoms with E-state index in [1.807, 2.05) is 36.4 Å². The Hall–Kier alpha value is -2.97. The largest absolute Gasteiger partial charge is 0.312 e. The molecule has 1 aliphatic heterocycles. The lowest BCUT2D eigenvalue weighted by Gasteiger charge is -2.24. The average molecular weight is 361 g/mol. The summed E-state index contributed by atoms with van der Waals surface area (Å²) in [6, 6.07) is 24.8. The van der Waals surface area contributed by atoms with Crippen LogP contribution in [0.25, 0.3) is 0 Å². The SMILES string of the molecule is O=C1c2ccccc2C(=O)N1CP(=O)(c1ccccc1)c1ccccc1. The molecular weight excluding hydrogens is 345 g/mol. The van der Waals surface area contributed by atoms with Crippen LogP contribution in [0.15, 0.2) is 84.9 Å². The van der Waals surface area contributed by atoms with Crippen LogP contribution in [0, 0.1) is 0 Å². The minimum atomic E-state index is -3.19. The van der Waals surface area contributed by atoms with Crippen molar-refractivity contribution in [3.8, 4) is 0 Å². The van der Waals surface area contributed by atoms with Crippen LogP contribution in [0.2, 0.25) is 0 Å². The normalized spacial score (nSPS) is 13.8. The number of rotatable bonds is 4. The van der Waals surface area contributed by atoms with Gasteiger partial charge in [0, 0.05) is 10.6 Å². The molecule has 0 N–H and O–H groups in total. The molecule has 0 unspecified atom stereocenters. The molecule has 0 spiro atoms. The molecule has 4 nitrogen and oxygen atoms in total. The Bertz CT molecular complexity index is 953. The first-order chi connectivity index (χ1) is 12.6. The van der Waals surface area contributed by atoms with E-state index in [4.69, 9.17) is 0 Å². The van der Waals surface area contributed by atoms with Crippen molar-refractivity contribution in [1.29, 1.82) is 0 Å². The average Bonchev–Trinajstić information content (AvgIpc) is 2.94. The molecule has 0 saturated carbocycles. The lowest BCUT2D eigenvalue weighted by atomic mass is 10.1. The second-order valence-corrected chi connectivity index (χ2v) is 8.93. The zero-order valence-corrected chi connectivity index (χ0v) is 14.8. The van der Waals surface area contributed by atoms with Crippen LogP contribution in [-0.4, -0.2) is 23.0 Å². The summed E-state index contributed by atoms with van der Waals surface area (Å²) in [4.78, 5) is 26.6. The Morgan fingerprint density at radius 1 is 0.615 bits per heavy atom. The molecule has 3 aromatic carbocycles. The minimum absolute atomic E-state index is 0.145. The zero-order valence-electron chi connectivity index (χ0n) is 13.9. The molecule has 0 atom stereocenters. The number of hydrogen-bond acceptors (Lipinski definition) is 3. The summed E-state index contributed by atoms with van der Waals surface area (Å²) in [5, 5.41) is 1.26. The van der Waals surface area contributed by atoms with Gasteiger partial charge in [-0.05, 0) is 12.1 Å². The van der Waals surface area contributed by atoms with Gasteiger partial charge in [0.15, 0.2) is 7.14 Å². The van der Waals surface area contributed by atoms with Gasteiger partial charge in [-0.25, -0.2) is 0 Å². The predicted octanol–water partition coefficient (Wildman–Crippen LogP) is 3.25. The Labute approximate surface area is 151 Å². The third-order valence-electron chi connectivity index (χ3n) is 4.57. The van der Waals surface area contributed by atoms with E-state index in [2.05, 4.69) is 0 Å². The van der Waals surface area contributed by atoms with E-state index in [1.54, 1.807) is 48.5 Å². The molecule has 0 bridgehead atoms. The van der Waals surface area contributed by atoms with E-state index in [1.165, 1.54) is 0 Å². The van der Waals surface area contributed by atoms with Gasteiger partial charge >= 0.3 is 0 Å². The quantitative estimate of drug-likeness (QED) is 0.529. The third kappa shape index (κ3) is 2.59. The maximum absolute atomic E-state index is 14.1. The molecule has 2 amide bonds. The van der Waals surface area contributed by atoms with Crippen molar-refractivity contribution in [2.45, 2.75) is 0 Å². The highest BCUT2D eigenvalue weighted by Gasteiger charge is 2.40. The van der Waals surface area contributed by atoms with Crippen molar-refractivity contribution in [1.82, 2.24) is 4.90 Å². The topological polar surface area (TPSA) is 54.5 Å². The highest BCUT2D eigenvalue weighted by atomic mass is 31.2. The van der Waals surface area contributed by atoms with E-state index < -0.39 is 19.0 Å². The fraction of sp³-hybridized carbons (Fsp3) is 0.0476. The van der Waals surface area contributed by atoms with Crippen LogP contribution in [-0.2, 0) is 4.57 Å². The van der Waals surface area contributed by atoms with Gasteiger partial charge in [0.05, 0.1) is 17.4 Å². The molecule has 1 aliphatic rings. The van der Waals surface area contributed by atoms with Gasteiger partial charge in [0.1, 0.15) is 0 Å². The number of amides is 2. The van der Waals surface area contributed by atoms with E-state index in [0.29, 0.717) is 21.7 Å². The summed E-state index contributed by atoms with van der Waals surface area (Å²) in [6.07, 6.45) is -0.145. The Kier molecular flexibility index (Phi) is 4.06. The summed E-state index contributed by atoms with van der Waals surface area (Å²) >= 11 is 0. The highest BCUT2D eigenvalue weighted by molar-refractivity contribution is 7.78. The molecule has 26 heavy (non-hydrogen) atoms. The van der Waals surface area contributed by atoms with Crippen LogP contribution < -0.4 is 10.6 Å². The molecule has 0 fully saturated rings. The highest BCUT2D eigenvalue weighted by Crippen LogP contribution is 2.45. The second-order valence-electron chi connectivity index (χ2n) is 6.14. The monoisotopic (exact) mass is 361 g/mol. The van der Waals surface area contributed by atoms with Crippen LogP contribution in [0.4, 0.5) is 0 Å². The van der Waals surface area contributed by atoms with Gasteiger partial charge in [-0.1, -0.05) is 72.8 Å². The van der Waals surface area contributed by atoms with Crippen molar-refractivity contribution in [2.24, 2.45) is 0 Å². The van der Waals surface area contributed by atoms with E-state index in [9.17, 15) is 14.2 Å². The second kappa shape index (κ2) is 6.40. The summed E-state index contributed by atoms with van der Waals surface area (Å²) < 4.78 is 14.1. The van der Waals surface area contributed by atoms with Crippen molar-refractivity contribution in [3.05, 3.63) is 96.1 Å². The maximum Gasteiger partial charge on any atom is 0.262 e. The van der Waals surface area contributed by atoms with Gasteiger partial charge < -0.3 is 4.57 Å². The van der Waals surface area contributed by atoms with Crippen molar-refractivity contribution >= 4 is 29.6 Å². The fourth-order valence-corrected chi connectivity index (χ4v) is 5.80. The number of carbonyl (C=O) groups is 2. The number of nitrogens with zero attached hydrogens (tertiary/aromatic N) is 1. The van der Waals surface area contributed by atoms with Gasteiger partial charge in [-0.15, -0.1) is 0 Å². The predicted molar refractivity (Wildman–Crippen MR) is 102 cm³/mol. The van der Waals surface area contributed by atoms with Gasteiger partial charge in [0.25, 0.3) is 11.8 Å². The first-order valence-electron chi connectivity index (χ1n) is 8.27. The first-order valence-corrected chi connectivity index (χ1v) is 10.2. The number of carbonyl (C=O) groups excluding carboxylic acids is 2. The summed E-state index contributed by atoms with van der Waals surface area (Å²) in [5.74, 6) is -0.782. The lowest BCUT2D eigenvalue weighted by molar-refractivity contribution is 0.0681. The third-order valence-corrected chi connectivity index (χ3v) is 7.51. The van der Waals surface area contributed by atoms with Crippen molar-refractivity contribution in [3.63, 3.8) is 0 Å². The molecule has 4 rings (SSSR count). The molecule has 0 radical (unpaired) electrons. The first kappa shape index (κ1) is 16.5. The molecule has 0 aliphatic carbocycles. The van der Waals surface area contributed by atoms with E-state index >= 15 is 0 Å². The summed E-state index contributed by atoms with van der Waals surface area (Å²) in [7, 11) is -3.19.